The number of carbonyl (C=O) groups is 1. The van der Waals surface area contributed by atoms with Crippen LogP contribution in [0.15, 0.2) is 73.3 Å². The first-order chi connectivity index (χ1) is 14.6. The maximum Gasteiger partial charge on any atom is 0.323 e. The number of hydrogen-bond acceptors (Lipinski definition) is 5. The zero-order chi connectivity index (χ0) is 20.9. The highest BCUT2D eigenvalue weighted by atomic mass is 16.5. The number of hydrogen-bond donors (Lipinski definition) is 2. The average molecular weight is 400 g/mol. The summed E-state index contributed by atoms with van der Waals surface area (Å²) in [5, 5.41) is 5.63. The number of nitrogens with one attached hydrogen (secondary N) is 2. The minimum absolute atomic E-state index is 0.311. The molecule has 0 bridgehead atoms. The molecule has 0 unspecified atom stereocenters. The van der Waals surface area contributed by atoms with Gasteiger partial charge in [0.2, 0.25) is 5.88 Å². The number of nitrogens with zero attached hydrogens (tertiary/aromatic N) is 4. The SMILES string of the molecule is Cc1ccccc1NC(=O)Nc1ccc(Oc2cc(-n3ccnc3C)ncn2)cc1. The lowest BCUT2D eigenvalue weighted by Crippen LogP contribution is -2.19. The maximum atomic E-state index is 12.2. The molecule has 30 heavy (non-hydrogen) atoms. The zero-order valence-corrected chi connectivity index (χ0v) is 16.5. The van der Waals surface area contributed by atoms with Gasteiger partial charge in [0.1, 0.15) is 23.7 Å². The number of para-hydroxylation sites is 1. The van der Waals surface area contributed by atoms with Gasteiger partial charge in [-0.3, -0.25) is 4.57 Å². The monoisotopic (exact) mass is 400 g/mol. The minimum atomic E-state index is -0.311. The van der Waals surface area contributed by atoms with Crippen LogP contribution in [0.5, 0.6) is 11.6 Å². The van der Waals surface area contributed by atoms with E-state index < -0.39 is 0 Å². The van der Waals surface area contributed by atoms with Crippen molar-refractivity contribution in [2.24, 2.45) is 0 Å². The van der Waals surface area contributed by atoms with E-state index in [1.807, 2.05) is 48.9 Å². The predicted octanol–water partition coefficient (Wildman–Crippen LogP) is 4.72. The van der Waals surface area contributed by atoms with E-state index >= 15 is 0 Å². The van der Waals surface area contributed by atoms with Crippen molar-refractivity contribution in [2.75, 3.05) is 10.6 Å². The average Bonchev–Trinajstić information content (AvgIpc) is 3.17. The van der Waals surface area contributed by atoms with Gasteiger partial charge in [0.05, 0.1) is 0 Å². The van der Waals surface area contributed by atoms with E-state index in [-0.39, 0.29) is 6.03 Å². The Bertz CT molecular complexity index is 1170. The largest absolute Gasteiger partial charge is 0.439 e. The second kappa shape index (κ2) is 8.44. The summed E-state index contributed by atoms with van der Waals surface area (Å²) in [4.78, 5) is 24.8. The first kappa shape index (κ1) is 19.1. The van der Waals surface area contributed by atoms with Crippen molar-refractivity contribution >= 4 is 17.4 Å². The van der Waals surface area contributed by atoms with Gasteiger partial charge in [0, 0.05) is 29.8 Å². The Morgan fingerprint density at radius 2 is 1.77 bits per heavy atom. The van der Waals surface area contributed by atoms with Gasteiger partial charge in [0.25, 0.3) is 0 Å². The van der Waals surface area contributed by atoms with Gasteiger partial charge in [-0.1, -0.05) is 18.2 Å². The molecule has 150 valence electrons. The normalized spacial score (nSPS) is 10.5. The van der Waals surface area contributed by atoms with Gasteiger partial charge < -0.3 is 15.4 Å². The summed E-state index contributed by atoms with van der Waals surface area (Å²) < 4.78 is 7.66. The Hall–Kier alpha value is -4.20. The molecule has 2 heterocycles. The number of rotatable bonds is 5. The van der Waals surface area contributed by atoms with Gasteiger partial charge in [-0.2, -0.15) is 0 Å². The lowest BCUT2D eigenvalue weighted by atomic mass is 10.2. The van der Waals surface area contributed by atoms with E-state index in [9.17, 15) is 4.79 Å². The standard InChI is InChI=1S/C22H20N6O2/c1-15-5-3-4-6-19(15)27-22(29)26-17-7-9-18(10-8-17)30-21-13-20(24-14-25-21)28-12-11-23-16(28)2/h3-14H,1-2H3,(H2,26,27,29). The van der Waals surface area contributed by atoms with Crippen molar-refractivity contribution in [3.05, 3.63) is 84.7 Å². The number of carbonyl (C=O) groups excluding carboxylic acids is 1. The number of aromatic nitrogens is 4. The van der Waals surface area contributed by atoms with Gasteiger partial charge in [0.15, 0.2) is 0 Å². The predicted molar refractivity (Wildman–Crippen MR) is 114 cm³/mol. The fraction of sp³-hybridized carbons (Fsp3) is 0.0909. The zero-order valence-electron chi connectivity index (χ0n) is 16.5. The molecule has 0 aliphatic heterocycles. The molecule has 8 heteroatoms. The van der Waals surface area contributed by atoms with Crippen molar-refractivity contribution in [3.63, 3.8) is 0 Å². The Morgan fingerprint density at radius 3 is 2.50 bits per heavy atom. The summed E-state index contributed by atoms with van der Waals surface area (Å²) in [5.74, 6) is 2.48. The molecule has 2 aromatic carbocycles. The number of aryl methyl sites for hydroxylation is 2. The van der Waals surface area contributed by atoms with Crippen LogP contribution in [0.25, 0.3) is 5.82 Å². The van der Waals surface area contributed by atoms with Crippen LogP contribution < -0.4 is 15.4 Å². The second-order valence-corrected chi connectivity index (χ2v) is 6.58. The van der Waals surface area contributed by atoms with Crippen molar-refractivity contribution in [3.8, 4) is 17.4 Å². The molecular formula is C22H20N6O2. The molecule has 0 aliphatic rings. The number of imidazole rings is 1. The summed E-state index contributed by atoms with van der Waals surface area (Å²) in [5.41, 5.74) is 2.40. The summed E-state index contributed by atoms with van der Waals surface area (Å²) in [6.45, 7) is 3.83. The lowest BCUT2D eigenvalue weighted by Gasteiger charge is -2.11. The summed E-state index contributed by atoms with van der Waals surface area (Å²) in [7, 11) is 0. The van der Waals surface area contributed by atoms with E-state index in [1.165, 1.54) is 6.33 Å². The third-order valence-corrected chi connectivity index (χ3v) is 4.43. The molecule has 0 radical (unpaired) electrons. The Balaban J connectivity index is 1.40. The van der Waals surface area contributed by atoms with Crippen LogP contribution in [0, 0.1) is 13.8 Å². The highest BCUT2D eigenvalue weighted by Gasteiger charge is 2.07. The topological polar surface area (TPSA) is 94.0 Å². The fourth-order valence-electron chi connectivity index (χ4n) is 2.86. The molecule has 2 aromatic heterocycles. The quantitative estimate of drug-likeness (QED) is 0.506. The highest BCUT2D eigenvalue weighted by molar-refractivity contribution is 6.00. The summed E-state index contributed by atoms with van der Waals surface area (Å²) >= 11 is 0. The number of urea groups is 1. The van der Waals surface area contributed by atoms with E-state index in [0.717, 1.165) is 17.1 Å². The first-order valence-corrected chi connectivity index (χ1v) is 9.32. The van der Waals surface area contributed by atoms with E-state index in [2.05, 4.69) is 25.6 Å². The van der Waals surface area contributed by atoms with Gasteiger partial charge >= 0.3 is 6.03 Å². The second-order valence-electron chi connectivity index (χ2n) is 6.58. The molecule has 0 aliphatic carbocycles. The molecule has 2 amide bonds. The van der Waals surface area contributed by atoms with E-state index in [4.69, 9.17) is 4.74 Å². The number of amides is 2. The molecule has 0 fully saturated rings. The van der Waals surface area contributed by atoms with Crippen molar-refractivity contribution in [2.45, 2.75) is 13.8 Å². The van der Waals surface area contributed by atoms with Crippen molar-refractivity contribution < 1.29 is 9.53 Å². The lowest BCUT2D eigenvalue weighted by molar-refractivity contribution is 0.262. The van der Waals surface area contributed by atoms with Crippen molar-refractivity contribution in [1.82, 2.24) is 19.5 Å². The van der Waals surface area contributed by atoms with Crippen LogP contribution in [-0.2, 0) is 0 Å². The van der Waals surface area contributed by atoms with Gasteiger partial charge in [-0.15, -0.1) is 0 Å². The van der Waals surface area contributed by atoms with Crippen LogP contribution in [0.2, 0.25) is 0 Å². The Kier molecular flexibility index (Phi) is 5.38. The number of ether oxygens (including phenoxy) is 1. The summed E-state index contributed by atoms with van der Waals surface area (Å²) in [6, 6.07) is 16.0. The molecule has 0 saturated heterocycles. The number of benzene rings is 2. The molecule has 0 atom stereocenters. The van der Waals surface area contributed by atoms with Crippen LogP contribution in [-0.4, -0.2) is 25.6 Å². The van der Waals surface area contributed by atoms with E-state index in [1.54, 1.807) is 36.5 Å². The molecule has 8 nitrogen and oxygen atoms in total. The molecule has 2 N–H and O–H groups in total. The third kappa shape index (κ3) is 4.44. The third-order valence-electron chi connectivity index (χ3n) is 4.43. The number of anilines is 2. The van der Waals surface area contributed by atoms with Crippen LogP contribution in [0.1, 0.15) is 11.4 Å². The van der Waals surface area contributed by atoms with Crippen molar-refractivity contribution in [1.29, 1.82) is 0 Å². The minimum Gasteiger partial charge on any atom is -0.439 e. The van der Waals surface area contributed by atoms with Gasteiger partial charge in [-0.05, 0) is 49.7 Å². The van der Waals surface area contributed by atoms with Gasteiger partial charge in [-0.25, -0.2) is 19.7 Å². The summed E-state index contributed by atoms with van der Waals surface area (Å²) in [6.07, 6.45) is 4.97. The molecule has 4 aromatic rings. The van der Waals surface area contributed by atoms with Crippen LogP contribution in [0.4, 0.5) is 16.2 Å². The fourth-order valence-corrected chi connectivity index (χ4v) is 2.86. The molecule has 0 saturated carbocycles. The molecular weight excluding hydrogens is 380 g/mol. The van der Waals surface area contributed by atoms with Crippen LogP contribution >= 0.6 is 0 Å². The smallest absolute Gasteiger partial charge is 0.323 e. The molecule has 4 rings (SSSR count). The van der Waals surface area contributed by atoms with E-state index in [0.29, 0.717) is 23.1 Å². The maximum absolute atomic E-state index is 12.2. The first-order valence-electron chi connectivity index (χ1n) is 9.32. The Labute approximate surface area is 173 Å². The highest BCUT2D eigenvalue weighted by Crippen LogP contribution is 2.23. The Morgan fingerprint density at radius 1 is 0.967 bits per heavy atom. The molecule has 0 spiro atoms. The van der Waals surface area contributed by atoms with Crippen LogP contribution in [0.3, 0.4) is 0 Å².